The van der Waals surface area contributed by atoms with E-state index >= 15 is 0 Å². The number of rotatable bonds is 7. The summed E-state index contributed by atoms with van der Waals surface area (Å²) in [5.41, 5.74) is 2.27. The van der Waals surface area contributed by atoms with Gasteiger partial charge in [-0.3, -0.25) is 4.79 Å². The van der Waals surface area contributed by atoms with Crippen molar-refractivity contribution in [3.63, 3.8) is 0 Å². The highest BCUT2D eigenvalue weighted by Crippen LogP contribution is 2.25. The first-order valence-electron chi connectivity index (χ1n) is 7.47. The topological polar surface area (TPSA) is 61.4 Å². The highest BCUT2D eigenvalue weighted by atomic mass is 16.3. The van der Waals surface area contributed by atoms with Crippen molar-refractivity contribution in [3.8, 4) is 0 Å². The molecule has 0 bridgehead atoms. The summed E-state index contributed by atoms with van der Waals surface area (Å²) in [4.78, 5) is 12.2. The smallest absolute Gasteiger partial charge is 0.242 e. The maximum absolute atomic E-state index is 12.2. The highest BCUT2D eigenvalue weighted by Gasteiger charge is 2.26. The van der Waals surface area contributed by atoms with E-state index in [0.717, 1.165) is 31.4 Å². The van der Waals surface area contributed by atoms with Gasteiger partial charge >= 0.3 is 0 Å². The zero-order chi connectivity index (χ0) is 14.4. The van der Waals surface area contributed by atoms with Gasteiger partial charge in [0.05, 0.1) is 0 Å². The molecule has 2 atom stereocenters. The van der Waals surface area contributed by atoms with Crippen LogP contribution in [0.25, 0.3) is 0 Å². The van der Waals surface area contributed by atoms with Crippen LogP contribution >= 0.6 is 0 Å². The van der Waals surface area contributed by atoms with Crippen molar-refractivity contribution in [1.29, 1.82) is 0 Å². The standard InChI is InChI=1S/C16H24N2O2/c1-2-5-12(8-9-19)11-17-16(20)15-10-13-6-3-4-7-14(13)18-15/h3-4,6-7,12,15,18-19H,2,5,8-11H2,1H3,(H,17,20)/t12?,15-/m0/s1. The Bertz CT molecular complexity index is 417. The normalized spacial score (nSPS) is 18.2. The first kappa shape index (κ1) is 14.9. The van der Waals surface area contributed by atoms with Crippen molar-refractivity contribution in [1.82, 2.24) is 5.32 Å². The third-order valence-corrected chi connectivity index (χ3v) is 3.89. The van der Waals surface area contributed by atoms with Crippen LogP contribution in [0.3, 0.4) is 0 Å². The Morgan fingerprint density at radius 3 is 2.95 bits per heavy atom. The summed E-state index contributed by atoms with van der Waals surface area (Å²) in [5.74, 6) is 0.429. The minimum absolute atomic E-state index is 0.0558. The molecule has 1 aromatic rings. The summed E-state index contributed by atoms with van der Waals surface area (Å²) in [6, 6.07) is 7.88. The van der Waals surface area contributed by atoms with Crippen molar-refractivity contribution < 1.29 is 9.90 Å². The third-order valence-electron chi connectivity index (χ3n) is 3.89. The van der Waals surface area contributed by atoms with Crippen molar-refractivity contribution in [3.05, 3.63) is 29.8 Å². The Hall–Kier alpha value is -1.55. The van der Waals surface area contributed by atoms with Crippen LogP contribution in [0.1, 0.15) is 31.7 Å². The molecule has 1 aromatic carbocycles. The summed E-state index contributed by atoms with van der Waals surface area (Å²) in [6.07, 6.45) is 3.62. The van der Waals surface area contributed by atoms with Crippen molar-refractivity contribution in [2.75, 3.05) is 18.5 Å². The van der Waals surface area contributed by atoms with Crippen LogP contribution in [0.5, 0.6) is 0 Å². The Morgan fingerprint density at radius 1 is 1.45 bits per heavy atom. The fourth-order valence-electron chi connectivity index (χ4n) is 2.76. The number of fused-ring (bicyclic) bond motifs is 1. The van der Waals surface area contributed by atoms with E-state index in [-0.39, 0.29) is 18.6 Å². The molecule has 1 unspecified atom stereocenters. The van der Waals surface area contributed by atoms with Crippen LogP contribution in [0, 0.1) is 5.92 Å². The van der Waals surface area contributed by atoms with E-state index in [1.807, 2.05) is 18.2 Å². The van der Waals surface area contributed by atoms with Gasteiger partial charge in [-0.1, -0.05) is 31.5 Å². The quantitative estimate of drug-likeness (QED) is 0.713. The molecule has 3 N–H and O–H groups in total. The lowest BCUT2D eigenvalue weighted by Crippen LogP contribution is -2.40. The van der Waals surface area contributed by atoms with Gasteiger partial charge in [0, 0.05) is 25.3 Å². The van der Waals surface area contributed by atoms with E-state index in [1.54, 1.807) is 0 Å². The van der Waals surface area contributed by atoms with Crippen LogP contribution in [0.4, 0.5) is 5.69 Å². The van der Waals surface area contributed by atoms with Gasteiger partial charge in [0.15, 0.2) is 0 Å². The molecule has 1 aliphatic heterocycles. The molecule has 0 radical (unpaired) electrons. The second-order valence-electron chi connectivity index (χ2n) is 5.47. The highest BCUT2D eigenvalue weighted by molar-refractivity contribution is 5.87. The van der Waals surface area contributed by atoms with Crippen molar-refractivity contribution in [2.24, 2.45) is 5.92 Å². The summed E-state index contributed by atoms with van der Waals surface area (Å²) in [6.45, 7) is 2.97. The van der Waals surface area contributed by atoms with Crippen LogP contribution in [0.15, 0.2) is 24.3 Å². The minimum Gasteiger partial charge on any atom is -0.396 e. The molecule has 0 aromatic heterocycles. The fourth-order valence-corrected chi connectivity index (χ4v) is 2.76. The number of hydrogen-bond acceptors (Lipinski definition) is 3. The van der Waals surface area contributed by atoms with Gasteiger partial charge in [0.1, 0.15) is 6.04 Å². The molecule has 110 valence electrons. The number of hydrogen-bond donors (Lipinski definition) is 3. The van der Waals surface area contributed by atoms with E-state index in [2.05, 4.69) is 23.6 Å². The lowest BCUT2D eigenvalue weighted by molar-refractivity contribution is -0.121. The summed E-state index contributed by atoms with van der Waals surface area (Å²) < 4.78 is 0. The molecule has 0 saturated carbocycles. The average Bonchev–Trinajstić information content (AvgIpc) is 2.89. The molecule has 2 rings (SSSR count). The van der Waals surface area contributed by atoms with Gasteiger partial charge < -0.3 is 15.7 Å². The molecule has 4 nitrogen and oxygen atoms in total. The van der Waals surface area contributed by atoms with Crippen molar-refractivity contribution >= 4 is 11.6 Å². The van der Waals surface area contributed by atoms with E-state index in [1.165, 1.54) is 5.56 Å². The molecule has 1 aliphatic rings. The first-order valence-corrected chi connectivity index (χ1v) is 7.47. The first-order chi connectivity index (χ1) is 9.74. The summed E-state index contributed by atoms with van der Waals surface area (Å²) in [5, 5.41) is 15.3. The number of para-hydroxylation sites is 1. The van der Waals surface area contributed by atoms with E-state index < -0.39 is 0 Å². The number of anilines is 1. The predicted molar refractivity (Wildman–Crippen MR) is 80.7 cm³/mol. The lowest BCUT2D eigenvalue weighted by atomic mass is 10.00. The van der Waals surface area contributed by atoms with E-state index in [0.29, 0.717) is 12.5 Å². The van der Waals surface area contributed by atoms with Gasteiger partial charge in [0.2, 0.25) is 5.91 Å². The fraction of sp³-hybridized carbons (Fsp3) is 0.562. The largest absolute Gasteiger partial charge is 0.396 e. The molecule has 1 heterocycles. The summed E-state index contributed by atoms with van der Waals surface area (Å²) >= 11 is 0. The van der Waals surface area contributed by atoms with Crippen molar-refractivity contribution in [2.45, 2.75) is 38.6 Å². The van der Waals surface area contributed by atoms with Crippen LogP contribution in [-0.4, -0.2) is 30.2 Å². The molecule has 0 aliphatic carbocycles. The van der Waals surface area contributed by atoms with E-state index in [9.17, 15) is 4.79 Å². The predicted octanol–water partition coefficient (Wildman–Crippen LogP) is 1.94. The van der Waals surface area contributed by atoms with Gasteiger partial charge in [-0.2, -0.15) is 0 Å². The Kier molecular flexibility index (Phi) is 5.41. The van der Waals surface area contributed by atoms with Crippen LogP contribution in [0.2, 0.25) is 0 Å². The second kappa shape index (κ2) is 7.29. The number of aliphatic hydroxyl groups excluding tert-OH is 1. The number of carbonyl (C=O) groups excluding carboxylic acids is 1. The van der Waals surface area contributed by atoms with Crippen LogP contribution < -0.4 is 10.6 Å². The number of carbonyl (C=O) groups is 1. The number of aliphatic hydroxyl groups is 1. The molecular formula is C16H24N2O2. The summed E-state index contributed by atoms with van der Waals surface area (Å²) in [7, 11) is 0. The van der Waals surface area contributed by atoms with Gasteiger partial charge in [-0.25, -0.2) is 0 Å². The minimum atomic E-state index is -0.163. The second-order valence-corrected chi connectivity index (χ2v) is 5.47. The Morgan fingerprint density at radius 2 is 2.25 bits per heavy atom. The maximum atomic E-state index is 12.2. The lowest BCUT2D eigenvalue weighted by Gasteiger charge is -2.18. The zero-order valence-electron chi connectivity index (χ0n) is 12.1. The van der Waals surface area contributed by atoms with Gasteiger partial charge in [-0.15, -0.1) is 0 Å². The molecule has 0 fully saturated rings. The maximum Gasteiger partial charge on any atom is 0.242 e. The number of amides is 1. The molecule has 0 spiro atoms. The molecule has 0 saturated heterocycles. The Labute approximate surface area is 120 Å². The van der Waals surface area contributed by atoms with Crippen LogP contribution in [-0.2, 0) is 11.2 Å². The molecule has 20 heavy (non-hydrogen) atoms. The zero-order valence-corrected chi connectivity index (χ0v) is 12.1. The number of nitrogens with one attached hydrogen (secondary N) is 2. The average molecular weight is 276 g/mol. The molecule has 4 heteroatoms. The SMILES string of the molecule is CCCC(CCO)CNC(=O)[C@@H]1Cc2ccccc2N1. The van der Waals surface area contributed by atoms with Gasteiger partial charge in [0.25, 0.3) is 0 Å². The Balaban J connectivity index is 1.81. The molecular weight excluding hydrogens is 252 g/mol. The third kappa shape index (κ3) is 3.73. The van der Waals surface area contributed by atoms with Gasteiger partial charge in [-0.05, 0) is 30.4 Å². The number of benzene rings is 1. The van der Waals surface area contributed by atoms with E-state index in [4.69, 9.17) is 5.11 Å². The molecule has 1 amide bonds. The monoisotopic (exact) mass is 276 g/mol.